The summed E-state index contributed by atoms with van der Waals surface area (Å²) >= 11 is 0. The summed E-state index contributed by atoms with van der Waals surface area (Å²) in [6, 6.07) is 9.21. The van der Waals surface area contributed by atoms with Crippen molar-refractivity contribution in [2.24, 2.45) is 0 Å². The van der Waals surface area contributed by atoms with E-state index in [-0.39, 0.29) is 0 Å². The van der Waals surface area contributed by atoms with E-state index in [4.69, 9.17) is 0 Å². The fourth-order valence-electron chi connectivity index (χ4n) is 2.82. The van der Waals surface area contributed by atoms with Crippen LogP contribution in [-0.4, -0.2) is 41.0 Å². The molecule has 0 spiro atoms. The third kappa shape index (κ3) is 2.90. The molecule has 110 valence electrons. The lowest BCUT2D eigenvalue weighted by Gasteiger charge is -2.45. The fraction of sp³-hybridized carbons (Fsp3) is 0.412. The van der Waals surface area contributed by atoms with E-state index >= 15 is 0 Å². The minimum atomic E-state index is 0.596. The number of rotatable bonds is 4. The molecule has 0 atom stereocenters. The predicted octanol–water partition coefficient (Wildman–Crippen LogP) is 2.41. The van der Waals surface area contributed by atoms with E-state index in [1.165, 1.54) is 11.1 Å². The van der Waals surface area contributed by atoms with Crippen molar-refractivity contribution in [1.29, 1.82) is 0 Å². The highest BCUT2D eigenvalue weighted by molar-refractivity contribution is 5.47. The standard InChI is InChI=1S/C17H22N4/c1-13-6-4-5-7-15(13)9-20(3)16-10-21(11-16)17-14(2)8-18-12-19-17/h4-8,12,16H,9-11H2,1-3H3. The maximum atomic E-state index is 4.39. The lowest BCUT2D eigenvalue weighted by atomic mass is 10.0. The minimum Gasteiger partial charge on any atom is -0.353 e. The molecule has 0 unspecified atom stereocenters. The van der Waals surface area contributed by atoms with E-state index in [0.717, 1.165) is 31.0 Å². The lowest BCUT2D eigenvalue weighted by Crippen LogP contribution is -2.58. The molecule has 21 heavy (non-hydrogen) atoms. The Kier molecular flexibility index (Phi) is 3.88. The van der Waals surface area contributed by atoms with Gasteiger partial charge in [0.2, 0.25) is 0 Å². The topological polar surface area (TPSA) is 32.3 Å². The second kappa shape index (κ2) is 5.82. The molecular weight excluding hydrogens is 260 g/mol. The van der Waals surface area contributed by atoms with Gasteiger partial charge in [-0.3, -0.25) is 4.90 Å². The largest absolute Gasteiger partial charge is 0.353 e. The van der Waals surface area contributed by atoms with Gasteiger partial charge in [0, 0.05) is 37.4 Å². The average molecular weight is 282 g/mol. The van der Waals surface area contributed by atoms with Crippen LogP contribution in [0, 0.1) is 13.8 Å². The second-order valence-corrected chi connectivity index (χ2v) is 5.93. The Morgan fingerprint density at radius 2 is 1.95 bits per heavy atom. The summed E-state index contributed by atoms with van der Waals surface area (Å²) in [5.74, 6) is 1.07. The predicted molar refractivity (Wildman–Crippen MR) is 85.4 cm³/mol. The number of hydrogen-bond donors (Lipinski definition) is 0. The third-order valence-electron chi connectivity index (χ3n) is 4.33. The zero-order chi connectivity index (χ0) is 14.8. The number of nitrogens with zero attached hydrogens (tertiary/aromatic N) is 4. The first kappa shape index (κ1) is 14.0. The molecule has 3 rings (SSSR count). The van der Waals surface area contributed by atoms with Crippen molar-refractivity contribution in [2.45, 2.75) is 26.4 Å². The van der Waals surface area contributed by atoms with Crippen molar-refractivity contribution in [3.63, 3.8) is 0 Å². The molecule has 2 heterocycles. The van der Waals surface area contributed by atoms with Gasteiger partial charge in [0.15, 0.2) is 0 Å². The van der Waals surface area contributed by atoms with E-state index < -0.39 is 0 Å². The maximum absolute atomic E-state index is 4.39. The van der Waals surface area contributed by atoms with Crippen LogP contribution in [0.25, 0.3) is 0 Å². The van der Waals surface area contributed by atoms with Crippen LogP contribution in [0.2, 0.25) is 0 Å². The Balaban J connectivity index is 1.59. The smallest absolute Gasteiger partial charge is 0.134 e. The van der Waals surface area contributed by atoms with E-state index in [1.54, 1.807) is 6.33 Å². The zero-order valence-electron chi connectivity index (χ0n) is 13.0. The third-order valence-corrected chi connectivity index (χ3v) is 4.33. The van der Waals surface area contributed by atoms with Gasteiger partial charge in [-0.25, -0.2) is 9.97 Å². The van der Waals surface area contributed by atoms with Crippen LogP contribution < -0.4 is 4.90 Å². The second-order valence-electron chi connectivity index (χ2n) is 5.93. The lowest BCUT2D eigenvalue weighted by molar-refractivity contribution is 0.196. The van der Waals surface area contributed by atoms with Gasteiger partial charge < -0.3 is 4.90 Å². The first-order chi connectivity index (χ1) is 10.1. The molecule has 1 aliphatic rings. The molecule has 0 amide bonds. The van der Waals surface area contributed by atoms with Crippen LogP contribution >= 0.6 is 0 Å². The van der Waals surface area contributed by atoms with Crippen molar-refractivity contribution in [3.8, 4) is 0 Å². The SMILES string of the molecule is Cc1ccccc1CN(C)C1CN(c2ncncc2C)C1. The Morgan fingerprint density at radius 3 is 2.67 bits per heavy atom. The van der Waals surface area contributed by atoms with Crippen molar-refractivity contribution in [1.82, 2.24) is 14.9 Å². The van der Waals surface area contributed by atoms with Gasteiger partial charge in [0.05, 0.1) is 0 Å². The van der Waals surface area contributed by atoms with E-state index in [0.29, 0.717) is 6.04 Å². The quantitative estimate of drug-likeness (QED) is 0.862. The highest BCUT2D eigenvalue weighted by Gasteiger charge is 2.31. The Labute approximate surface area is 126 Å². The summed E-state index contributed by atoms with van der Waals surface area (Å²) in [5.41, 5.74) is 3.93. The number of aryl methyl sites for hydroxylation is 2. The molecule has 0 bridgehead atoms. The van der Waals surface area contributed by atoms with Crippen molar-refractivity contribution in [2.75, 3.05) is 25.0 Å². The van der Waals surface area contributed by atoms with Crippen LogP contribution in [0.5, 0.6) is 0 Å². The average Bonchev–Trinajstić information content (AvgIpc) is 2.42. The van der Waals surface area contributed by atoms with Crippen LogP contribution in [0.1, 0.15) is 16.7 Å². The number of likely N-dealkylation sites (N-methyl/N-ethyl adjacent to an activating group) is 1. The summed E-state index contributed by atoms with van der Waals surface area (Å²) in [6.07, 6.45) is 3.51. The molecule has 1 aromatic carbocycles. The number of hydrogen-bond acceptors (Lipinski definition) is 4. The highest BCUT2D eigenvalue weighted by Crippen LogP contribution is 2.24. The van der Waals surface area contributed by atoms with Gasteiger partial charge in [-0.1, -0.05) is 24.3 Å². The first-order valence-electron chi connectivity index (χ1n) is 7.41. The number of benzene rings is 1. The number of anilines is 1. The van der Waals surface area contributed by atoms with Crippen molar-refractivity contribution < 1.29 is 0 Å². The van der Waals surface area contributed by atoms with Crippen LogP contribution in [0.4, 0.5) is 5.82 Å². The summed E-state index contributed by atoms with van der Waals surface area (Å²) in [6.45, 7) is 7.34. The zero-order valence-corrected chi connectivity index (χ0v) is 13.0. The molecule has 0 N–H and O–H groups in total. The van der Waals surface area contributed by atoms with Gasteiger partial charge in [0.25, 0.3) is 0 Å². The van der Waals surface area contributed by atoms with Gasteiger partial charge in [-0.05, 0) is 32.0 Å². The first-order valence-corrected chi connectivity index (χ1v) is 7.41. The molecule has 1 aliphatic heterocycles. The molecule has 2 aromatic rings. The van der Waals surface area contributed by atoms with E-state index in [9.17, 15) is 0 Å². The molecule has 1 fully saturated rings. The number of aromatic nitrogens is 2. The molecule has 0 aliphatic carbocycles. The molecule has 1 aromatic heterocycles. The fourth-order valence-corrected chi connectivity index (χ4v) is 2.82. The Hall–Kier alpha value is -1.94. The molecule has 0 radical (unpaired) electrons. The summed E-state index contributed by atoms with van der Waals surface area (Å²) in [5, 5.41) is 0. The van der Waals surface area contributed by atoms with Gasteiger partial charge in [-0.2, -0.15) is 0 Å². The van der Waals surface area contributed by atoms with Crippen LogP contribution in [-0.2, 0) is 6.54 Å². The molecule has 0 saturated carbocycles. The Morgan fingerprint density at radius 1 is 1.19 bits per heavy atom. The highest BCUT2D eigenvalue weighted by atomic mass is 15.3. The van der Waals surface area contributed by atoms with E-state index in [1.807, 2.05) is 6.20 Å². The monoisotopic (exact) mass is 282 g/mol. The normalized spacial score (nSPS) is 15.3. The minimum absolute atomic E-state index is 0.596. The van der Waals surface area contributed by atoms with Crippen molar-refractivity contribution in [3.05, 3.63) is 53.5 Å². The summed E-state index contributed by atoms with van der Waals surface area (Å²) in [4.78, 5) is 13.2. The summed E-state index contributed by atoms with van der Waals surface area (Å²) < 4.78 is 0. The maximum Gasteiger partial charge on any atom is 0.134 e. The molecule has 4 heteroatoms. The van der Waals surface area contributed by atoms with Gasteiger partial charge in [0.1, 0.15) is 12.1 Å². The van der Waals surface area contributed by atoms with Crippen LogP contribution in [0.3, 0.4) is 0 Å². The van der Waals surface area contributed by atoms with Gasteiger partial charge in [-0.15, -0.1) is 0 Å². The molecule has 4 nitrogen and oxygen atoms in total. The van der Waals surface area contributed by atoms with E-state index in [2.05, 4.69) is 64.9 Å². The molecule has 1 saturated heterocycles. The van der Waals surface area contributed by atoms with Crippen molar-refractivity contribution >= 4 is 5.82 Å². The van der Waals surface area contributed by atoms with Crippen LogP contribution in [0.15, 0.2) is 36.8 Å². The van der Waals surface area contributed by atoms with Gasteiger partial charge >= 0.3 is 0 Å². The summed E-state index contributed by atoms with van der Waals surface area (Å²) in [7, 11) is 2.21. The molecular formula is C17H22N4. The Bertz CT molecular complexity index is 620.